The molecule has 2 N–H and O–H groups in total. The Kier molecular flexibility index (Phi) is 10.9. The molecule has 6 nitrogen and oxygen atoms in total. The average Bonchev–Trinajstić information content (AvgIpc) is 3.32. The largest absolute Gasteiger partial charge is 0.481 e. The van der Waals surface area contributed by atoms with Gasteiger partial charge in [-0.3, -0.25) is 14.4 Å². The van der Waals surface area contributed by atoms with Crippen molar-refractivity contribution in [3.05, 3.63) is 47.1 Å². The number of fused-ring (bicyclic) bond motifs is 7. The molecule has 0 spiro atoms. The maximum absolute atomic E-state index is 13.9. The second kappa shape index (κ2) is 14.0. The number of esters is 1. The molecule has 7 heteroatoms. The first-order chi connectivity index (χ1) is 23.2. The van der Waals surface area contributed by atoms with E-state index in [0.29, 0.717) is 47.5 Å². The highest BCUT2D eigenvalue weighted by atomic mass is 35.5. The summed E-state index contributed by atoms with van der Waals surface area (Å²) in [6, 6.07) is 0. The van der Waals surface area contributed by atoms with Crippen LogP contribution in [0.1, 0.15) is 126 Å². The average molecular weight is 710 g/mol. The molecular formula is C43H64ClNO5. The highest BCUT2D eigenvalue weighted by Gasteiger charge is 2.66. The Morgan fingerprint density at radius 2 is 1.72 bits per heavy atom. The molecule has 0 saturated heterocycles. The van der Waals surface area contributed by atoms with Gasteiger partial charge in [0.2, 0.25) is 0 Å². The Hall–Kier alpha value is -2.18. The number of rotatable bonds is 12. The quantitative estimate of drug-likeness (QED) is 0.119. The summed E-state index contributed by atoms with van der Waals surface area (Å²) in [7, 11) is 0. The van der Waals surface area contributed by atoms with E-state index in [1.807, 2.05) is 6.08 Å². The number of carbonyl (C=O) groups excluding carboxylic acids is 2. The Morgan fingerprint density at radius 1 is 1.04 bits per heavy atom. The van der Waals surface area contributed by atoms with Gasteiger partial charge in [-0.1, -0.05) is 84.0 Å². The molecule has 4 fully saturated rings. The van der Waals surface area contributed by atoms with E-state index in [4.69, 9.17) is 16.3 Å². The Bertz CT molecular complexity index is 1470. The highest BCUT2D eigenvalue weighted by molar-refractivity contribution is 6.31. The predicted octanol–water partition coefficient (Wildman–Crippen LogP) is 9.83. The molecule has 0 heterocycles. The van der Waals surface area contributed by atoms with Gasteiger partial charge in [-0.2, -0.15) is 0 Å². The molecule has 278 valence electrons. The van der Waals surface area contributed by atoms with Crippen molar-refractivity contribution in [3.63, 3.8) is 0 Å². The lowest BCUT2D eigenvalue weighted by Gasteiger charge is -2.69. The Labute approximate surface area is 307 Å². The first-order valence-electron chi connectivity index (χ1n) is 19.3. The molecule has 4 saturated carbocycles. The lowest BCUT2D eigenvalue weighted by Crippen LogP contribution is -2.63. The van der Waals surface area contributed by atoms with E-state index < -0.39 is 17.4 Å². The Balaban J connectivity index is 1.37. The van der Waals surface area contributed by atoms with Crippen LogP contribution in [0.2, 0.25) is 0 Å². The third-order valence-corrected chi connectivity index (χ3v) is 15.1. The SMILES string of the molecule is C=C/C=C(/CNCCC12CCC3C(CCC4C3(C)CCC3C(C)(C)C(OC(=O)CC(C)(C)C(=O)O)CCC34C)C1=C(C(C)C)C(=O)C2)C(=C)Cl. The molecule has 0 aromatic rings. The zero-order chi connectivity index (χ0) is 37.0. The number of carboxylic acid groups (broad SMARTS) is 1. The fraction of sp³-hybridized carbons (Fsp3) is 0.744. The summed E-state index contributed by atoms with van der Waals surface area (Å²) < 4.78 is 6.15. The number of ether oxygens (including phenoxy) is 1. The van der Waals surface area contributed by atoms with E-state index in [1.165, 1.54) is 18.4 Å². The number of aliphatic carboxylic acids is 1. The summed E-state index contributed by atoms with van der Waals surface area (Å²) >= 11 is 6.24. The van der Waals surface area contributed by atoms with Gasteiger partial charge in [0.05, 0.1) is 11.8 Å². The van der Waals surface area contributed by atoms with Crippen molar-refractivity contribution in [2.24, 2.45) is 56.7 Å². The monoisotopic (exact) mass is 709 g/mol. The van der Waals surface area contributed by atoms with Crippen LogP contribution in [0.4, 0.5) is 0 Å². The van der Waals surface area contributed by atoms with E-state index in [-0.39, 0.29) is 40.1 Å². The van der Waals surface area contributed by atoms with E-state index in [0.717, 1.165) is 62.6 Å². The fourth-order valence-electron chi connectivity index (χ4n) is 12.5. The second-order valence-corrected chi connectivity index (χ2v) is 19.3. The van der Waals surface area contributed by atoms with Crippen LogP contribution in [0, 0.1) is 56.7 Å². The molecule has 0 bridgehead atoms. The number of carbonyl (C=O) groups is 3. The summed E-state index contributed by atoms with van der Waals surface area (Å²) in [5, 5.41) is 13.7. The molecule has 8 unspecified atom stereocenters. The third-order valence-electron chi connectivity index (χ3n) is 14.9. The smallest absolute Gasteiger partial charge is 0.309 e. The fourth-order valence-corrected chi connectivity index (χ4v) is 12.6. The molecule has 5 aliphatic rings. The molecular weight excluding hydrogens is 646 g/mol. The number of ketones is 1. The van der Waals surface area contributed by atoms with Crippen molar-refractivity contribution >= 4 is 29.3 Å². The van der Waals surface area contributed by atoms with Crippen molar-refractivity contribution in [1.82, 2.24) is 5.32 Å². The topological polar surface area (TPSA) is 92.7 Å². The molecule has 0 radical (unpaired) electrons. The normalized spacial score (nSPS) is 36.6. The number of allylic oxidation sites excluding steroid dienone is 4. The van der Waals surface area contributed by atoms with Gasteiger partial charge in [-0.05, 0) is 130 Å². The van der Waals surface area contributed by atoms with Crippen LogP contribution < -0.4 is 5.32 Å². The molecule has 0 amide bonds. The van der Waals surface area contributed by atoms with E-state index >= 15 is 0 Å². The van der Waals surface area contributed by atoms with Crippen molar-refractivity contribution in [3.8, 4) is 0 Å². The van der Waals surface area contributed by atoms with Crippen LogP contribution in [-0.4, -0.2) is 42.0 Å². The molecule has 5 rings (SSSR count). The van der Waals surface area contributed by atoms with Crippen molar-refractivity contribution in [1.29, 1.82) is 0 Å². The molecule has 0 aromatic heterocycles. The minimum absolute atomic E-state index is 0.0609. The summed E-state index contributed by atoms with van der Waals surface area (Å²) in [5.74, 6) is 1.23. The number of hydrogen-bond acceptors (Lipinski definition) is 5. The zero-order valence-electron chi connectivity index (χ0n) is 32.2. The number of Topliss-reactive ketones (excluding diaryl/α,β-unsaturated/α-hetero) is 1. The first-order valence-corrected chi connectivity index (χ1v) is 19.7. The minimum Gasteiger partial charge on any atom is -0.481 e. The van der Waals surface area contributed by atoms with Gasteiger partial charge in [0.1, 0.15) is 6.10 Å². The minimum atomic E-state index is -1.15. The number of hydrogen-bond donors (Lipinski definition) is 2. The summed E-state index contributed by atoms with van der Waals surface area (Å²) in [6.07, 6.45) is 13.6. The van der Waals surface area contributed by atoms with Crippen LogP contribution >= 0.6 is 11.6 Å². The molecule has 50 heavy (non-hydrogen) atoms. The second-order valence-electron chi connectivity index (χ2n) is 18.8. The van der Waals surface area contributed by atoms with E-state index in [2.05, 4.69) is 60.0 Å². The lowest BCUT2D eigenvalue weighted by atomic mass is 9.36. The van der Waals surface area contributed by atoms with Gasteiger partial charge < -0.3 is 15.2 Å². The first kappa shape index (κ1) is 39.0. The maximum Gasteiger partial charge on any atom is 0.309 e. The summed E-state index contributed by atoms with van der Waals surface area (Å²) in [4.78, 5) is 38.6. The van der Waals surface area contributed by atoms with Crippen molar-refractivity contribution in [2.75, 3.05) is 13.1 Å². The van der Waals surface area contributed by atoms with Crippen LogP contribution in [0.25, 0.3) is 0 Å². The van der Waals surface area contributed by atoms with Crippen LogP contribution in [-0.2, 0) is 19.1 Å². The maximum atomic E-state index is 13.9. The van der Waals surface area contributed by atoms with Gasteiger partial charge in [-0.25, -0.2) is 0 Å². The third kappa shape index (κ3) is 6.63. The van der Waals surface area contributed by atoms with Crippen LogP contribution in [0.5, 0.6) is 0 Å². The van der Waals surface area contributed by atoms with Crippen molar-refractivity contribution < 1.29 is 24.2 Å². The summed E-state index contributed by atoms with van der Waals surface area (Å²) in [5.41, 5.74) is 2.51. The standard InChI is InChI=1S/C43H64ClNO5/c1-11-12-28(27(4)44)25-45-22-21-43-20-15-30-29(37(43)36(26(2)3)31(46)23-43)13-14-33-41(30,9)18-16-32-40(7,8)34(17-19-42(32,33)10)50-35(47)24-39(5,6)38(48)49/h11-12,26,29-30,32-34,45H,1,4,13-25H2,2-3,5-10H3,(H,48,49)/b28-12-. The number of carboxylic acids is 1. The van der Waals surface area contributed by atoms with Gasteiger partial charge in [0.15, 0.2) is 5.78 Å². The van der Waals surface area contributed by atoms with Gasteiger partial charge in [-0.15, -0.1) is 0 Å². The molecule has 8 atom stereocenters. The molecule has 0 aliphatic heterocycles. The van der Waals surface area contributed by atoms with Gasteiger partial charge in [0.25, 0.3) is 0 Å². The van der Waals surface area contributed by atoms with Crippen LogP contribution in [0.15, 0.2) is 47.1 Å². The van der Waals surface area contributed by atoms with E-state index in [9.17, 15) is 19.5 Å². The highest BCUT2D eigenvalue weighted by Crippen LogP contribution is 2.73. The van der Waals surface area contributed by atoms with Crippen LogP contribution in [0.3, 0.4) is 0 Å². The Morgan fingerprint density at radius 3 is 2.34 bits per heavy atom. The number of nitrogens with one attached hydrogen (secondary N) is 1. The molecule has 0 aromatic carbocycles. The predicted molar refractivity (Wildman–Crippen MR) is 201 cm³/mol. The number of halogens is 1. The zero-order valence-corrected chi connectivity index (χ0v) is 32.9. The lowest BCUT2D eigenvalue weighted by molar-refractivity contribution is -0.213. The molecule has 5 aliphatic carbocycles. The van der Waals surface area contributed by atoms with Gasteiger partial charge in [0, 0.05) is 28.8 Å². The van der Waals surface area contributed by atoms with Crippen molar-refractivity contribution in [2.45, 2.75) is 132 Å². The van der Waals surface area contributed by atoms with E-state index in [1.54, 1.807) is 19.9 Å². The van der Waals surface area contributed by atoms with Gasteiger partial charge >= 0.3 is 11.9 Å². The summed E-state index contributed by atoms with van der Waals surface area (Å²) in [6.45, 7) is 26.5.